The Morgan fingerprint density at radius 3 is 2.85 bits per heavy atom. The standard InChI is InChI=1S/C17H21N3O6/c1-2-24-16(22)5-3-8-18-15(21)12-25-17(23)14-7-6-13(26-14)11-20-10-4-9-19-20/h4,6-7,9-10H,2-3,5,8,11-12H2,1H3,(H,18,21). The van der Waals surface area contributed by atoms with Crippen LogP contribution in [0.5, 0.6) is 0 Å². The summed E-state index contributed by atoms with van der Waals surface area (Å²) >= 11 is 0. The van der Waals surface area contributed by atoms with Gasteiger partial charge >= 0.3 is 11.9 Å². The molecular weight excluding hydrogens is 342 g/mol. The third kappa shape index (κ3) is 6.42. The van der Waals surface area contributed by atoms with Crippen LogP contribution in [0.25, 0.3) is 0 Å². The topological polar surface area (TPSA) is 113 Å². The Hall–Kier alpha value is -3.10. The number of esters is 2. The Morgan fingerprint density at radius 2 is 2.12 bits per heavy atom. The number of amides is 1. The third-order valence-electron chi connectivity index (χ3n) is 3.26. The van der Waals surface area contributed by atoms with Gasteiger partial charge in [-0.3, -0.25) is 14.3 Å². The molecule has 140 valence electrons. The minimum atomic E-state index is -0.724. The zero-order chi connectivity index (χ0) is 18.8. The first-order valence-electron chi connectivity index (χ1n) is 8.24. The van der Waals surface area contributed by atoms with Crippen LogP contribution in [0, 0.1) is 0 Å². The number of ether oxygens (including phenoxy) is 2. The predicted octanol–water partition coefficient (Wildman–Crippen LogP) is 1.14. The van der Waals surface area contributed by atoms with Gasteiger partial charge in [-0.15, -0.1) is 0 Å². The van der Waals surface area contributed by atoms with Gasteiger partial charge in [-0.05, 0) is 31.5 Å². The molecule has 2 aromatic heterocycles. The molecule has 0 spiro atoms. The molecule has 0 atom stereocenters. The van der Waals surface area contributed by atoms with Crippen molar-refractivity contribution < 1.29 is 28.3 Å². The van der Waals surface area contributed by atoms with Gasteiger partial charge in [-0.2, -0.15) is 5.10 Å². The third-order valence-corrected chi connectivity index (χ3v) is 3.26. The lowest BCUT2D eigenvalue weighted by Crippen LogP contribution is -2.29. The molecule has 0 unspecified atom stereocenters. The molecule has 0 aliphatic heterocycles. The van der Waals surface area contributed by atoms with Gasteiger partial charge in [-0.1, -0.05) is 0 Å². The van der Waals surface area contributed by atoms with Crippen LogP contribution in [0.1, 0.15) is 36.1 Å². The van der Waals surface area contributed by atoms with Crippen molar-refractivity contribution in [3.8, 4) is 0 Å². The fourth-order valence-corrected chi connectivity index (χ4v) is 2.07. The summed E-state index contributed by atoms with van der Waals surface area (Å²) in [6.07, 6.45) is 4.09. The Bertz CT molecular complexity index is 723. The van der Waals surface area contributed by atoms with Crippen LogP contribution in [0.2, 0.25) is 0 Å². The number of nitrogens with one attached hydrogen (secondary N) is 1. The molecule has 2 rings (SSSR count). The lowest BCUT2D eigenvalue weighted by molar-refractivity contribution is -0.143. The Balaban J connectivity index is 1.65. The van der Waals surface area contributed by atoms with E-state index < -0.39 is 18.5 Å². The van der Waals surface area contributed by atoms with Crippen LogP contribution in [-0.4, -0.2) is 47.4 Å². The highest BCUT2D eigenvalue weighted by Crippen LogP contribution is 2.10. The molecule has 0 bridgehead atoms. The van der Waals surface area contributed by atoms with Gasteiger partial charge in [0.15, 0.2) is 6.61 Å². The lowest BCUT2D eigenvalue weighted by Gasteiger charge is -2.05. The van der Waals surface area contributed by atoms with E-state index >= 15 is 0 Å². The van der Waals surface area contributed by atoms with Gasteiger partial charge in [0, 0.05) is 25.4 Å². The fraction of sp³-hybridized carbons (Fsp3) is 0.412. The normalized spacial score (nSPS) is 10.3. The summed E-state index contributed by atoms with van der Waals surface area (Å²) in [6, 6.07) is 4.91. The van der Waals surface area contributed by atoms with Crippen molar-refractivity contribution in [1.82, 2.24) is 15.1 Å². The van der Waals surface area contributed by atoms with Crippen molar-refractivity contribution in [2.24, 2.45) is 0 Å². The zero-order valence-electron chi connectivity index (χ0n) is 14.5. The second-order valence-electron chi connectivity index (χ2n) is 5.30. The van der Waals surface area contributed by atoms with Crippen molar-refractivity contribution in [1.29, 1.82) is 0 Å². The Labute approximate surface area is 150 Å². The highest BCUT2D eigenvalue weighted by Gasteiger charge is 2.15. The highest BCUT2D eigenvalue weighted by molar-refractivity contribution is 5.88. The molecule has 26 heavy (non-hydrogen) atoms. The van der Waals surface area contributed by atoms with E-state index in [1.54, 1.807) is 36.1 Å². The molecule has 2 aromatic rings. The molecular formula is C17H21N3O6. The summed E-state index contributed by atoms with van der Waals surface area (Å²) in [7, 11) is 0. The summed E-state index contributed by atoms with van der Waals surface area (Å²) in [5.74, 6) is -0.924. The van der Waals surface area contributed by atoms with Crippen molar-refractivity contribution in [3.05, 3.63) is 42.1 Å². The molecule has 9 nitrogen and oxygen atoms in total. The highest BCUT2D eigenvalue weighted by atomic mass is 16.5. The van der Waals surface area contributed by atoms with E-state index in [0.29, 0.717) is 31.9 Å². The molecule has 0 radical (unpaired) electrons. The molecule has 0 saturated carbocycles. The van der Waals surface area contributed by atoms with E-state index in [1.165, 1.54) is 6.07 Å². The molecule has 9 heteroatoms. The molecule has 0 aromatic carbocycles. The van der Waals surface area contributed by atoms with Crippen molar-refractivity contribution in [3.63, 3.8) is 0 Å². The number of hydrogen-bond donors (Lipinski definition) is 1. The Kier molecular flexibility index (Phi) is 7.41. The number of carbonyl (C=O) groups excluding carboxylic acids is 3. The van der Waals surface area contributed by atoms with E-state index in [-0.39, 0.29) is 18.2 Å². The fourth-order valence-electron chi connectivity index (χ4n) is 2.07. The van der Waals surface area contributed by atoms with E-state index in [2.05, 4.69) is 10.4 Å². The van der Waals surface area contributed by atoms with Gasteiger partial charge in [0.05, 0.1) is 13.2 Å². The maximum absolute atomic E-state index is 11.9. The van der Waals surface area contributed by atoms with E-state index in [9.17, 15) is 14.4 Å². The average molecular weight is 363 g/mol. The van der Waals surface area contributed by atoms with E-state index in [0.717, 1.165) is 0 Å². The van der Waals surface area contributed by atoms with E-state index in [1.807, 2.05) is 0 Å². The monoisotopic (exact) mass is 363 g/mol. The van der Waals surface area contributed by atoms with E-state index in [4.69, 9.17) is 13.9 Å². The number of aromatic nitrogens is 2. The SMILES string of the molecule is CCOC(=O)CCCNC(=O)COC(=O)c1ccc(Cn2cccn2)o1. The van der Waals surface area contributed by atoms with Crippen LogP contribution in [0.15, 0.2) is 35.0 Å². The number of carbonyl (C=O) groups is 3. The predicted molar refractivity (Wildman–Crippen MR) is 89.2 cm³/mol. The van der Waals surface area contributed by atoms with Crippen LogP contribution < -0.4 is 5.32 Å². The van der Waals surface area contributed by atoms with Crippen LogP contribution in [0.3, 0.4) is 0 Å². The molecule has 0 saturated heterocycles. The molecule has 2 heterocycles. The quantitative estimate of drug-likeness (QED) is 0.497. The van der Waals surface area contributed by atoms with Gasteiger partial charge in [0.1, 0.15) is 5.76 Å². The molecule has 1 amide bonds. The first-order valence-corrected chi connectivity index (χ1v) is 8.24. The molecule has 0 aliphatic rings. The lowest BCUT2D eigenvalue weighted by atomic mass is 10.3. The van der Waals surface area contributed by atoms with Crippen molar-refractivity contribution in [2.75, 3.05) is 19.8 Å². The van der Waals surface area contributed by atoms with Crippen LogP contribution >= 0.6 is 0 Å². The van der Waals surface area contributed by atoms with Crippen LogP contribution in [0.4, 0.5) is 0 Å². The van der Waals surface area contributed by atoms with Gasteiger partial charge < -0.3 is 19.2 Å². The average Bonchev–Trinajstić information content (AvgIpc) is 3.29. The second kappa shape index (κ2) is 10.0. The molecule has 0 aliphatic carbocycles. The Morgan fingerprint density at radius 1 is 1.27 bits per heavy atom. The smallest absolute Gasteiger partial charge is 0.374 e. The summed E-state index contributed by atoms with van der Waals surface area (Å²) < 4.78 is 16.7. The van der Waals surface area contributed by atoms with Gasteiger partial charge in [-0.25, -0.2) is 4.79 Å². The number of hydrogen-bond acceptors (Lipinski definition) is 7. The largest absolute Gasteiger partial charge is 0.466 e. The second-order valence-corrected chi connectivity index (χ2v) is 5.30. The van der Waals surface area contributed by atoms with Gasteiger partial charge in [0.2, 0.25) is 5.76 Å². The minimum absolute atomic E-state index is 0.0160. The molecule has 1 N–H and O–H groups in total. The first-order chi connectivity index (χ1) is 12.6. The maximum Gasteiger partial charge on any atom is 0.374 e. The summed E-state index contributed by atoms with van der Waals surface area (Å²) in [4.78, 5) is 34.6. The number of nitrogens with zero attached hydrogens (tertiary/aromatic N) is 2. The number of rotatable bonds is 10. The zero-order valence-corrected chi connectivity index (χ0v) is 14.5. The van der Waals surface area contributed by atoms with Crippen molar-refractivity contribution in [2.45, 2.75) is 26.3 Å². The summed E-state index contributed by atoms with van der Waals surface area (Å²) in [5, 5.41) is 6.60. The van der Waals surface area contributed by atoms with Crippen LogP contribution in [-0.2, 0) is 25.6 Å². The molecule has 0 fully saturated rings. The van der Waals surface area contributed by atoms with Gasteiger partial charge in [0.25, 0.3) is 5.91 Å². The minimum Gasteiger partial charge on any atom is -0.466 e. The van der Waals surface area contributed by atoms with Crippen molar-refractivity contribution >= 4 is 17.8 Å². The summed E-state index contributed by atoms with van der Waals surface area (Å²) in [5.41, 5.74) is 0. The number of furan rings is 1. The summed E-state index contributed by atoms with van der Waals surface area (Å²) in [6.45, 7) is 2.32. The maximum atomic E-state index is 11.9. The first kappa shape index (κ1) is 19.2.